The smallest absolute Gasteiger partial charge is 0.206 e. The minimum absolute atomic E-state index is 0.0694. The summed E-state index contributed by atoms with van der Waals surface area (Å²) in [5, 5.41) is 0. The van der Waals surface area contributed by atoms with Crippen LogP contribution in [0.25, 0.3) is 0 Å². The number of hydrogen-bond acceptors (Lipinski definition) is 3. The van der Waals surface area contributed by atoms with Crippen molar-refractivity contribution in [2.24, 2.45) is 11.8 Å². The molecular formula is C24H35NO2. The van der Waals surface area contributed by atoms with Crippen LogP contribution in [0.2, 0.25) is 0 Å². The highest BCUT2D eigenvalue weighted by molar-refractivity contribution is 5.99. The Bertz CT molecular complexity index is 700. The van der Waals surface area contributed by atoms with E-state index in [0.717, 1.165) is 18.5 Å². The van der Waals surface area contributed by atoms with Crippen LogP contribution < -0.4 is 0 Å². The van der Waals surface area contributed by atoms with Crippen molar-refractivity contribution in [3.8, 4) is 0 Å². The molecule has 0 unspecified atom stereocenters. The van der Waals surface area contributed by atoms with Gasteiger partial charge in [-0.2, -0.15) is 0 Å². The molecule has 0 bridgehead atoms. The number of hydrogen-bond donors (Lipinski definition) is 0. The Morgan fingerprint density at radius 1 is 1.22 bits per heavy atom. The number of ketones is 1. The highest BCUT2D eigenvalue weighted by Gasteiger charge is 2.52. The van der Waals surface area contributed by atoms with Gasteiger partial charge in [-0.3, -0.25) is 9.69 Å². The van der Waals surface area contributed by atoms with Crippen LogP contribution in [0, 0.1) is 18.8 Å². The highest BCUT2D eigenvalue weighted by Crippen LogP contribution is 2.45. The number of benzene rings is 1. The molecule has 1 heterocycles. The number of aryl methyl sites for hydroxylation is 1. The van der Waals surface area contributed by atoms with Gasteiger partial charge in [-0.15, -0.1) is 0 Å². The van der Waals surface area contributed by atoms with Crippen molar-refractivity contribution in [1.29, 1.82) is 0 Å². The predicted molar refractivity (Wildman–Crippen MR) is 111 cm³/mol. The van der Waals surface area contributed by atoms with Gasteiger partial charge >= 0.3 is 0 Å². The minimum Gasteiger partial charge on any atom is -0.352 e. The zero-order valence-corrected chi connectivity index (χ0v) is 17.8. The maximum absolute atomic E-state index is 13.4. The SMILES string of the molecule is CC(C)=CCN1[C@H](C(=O)c2ccc(C)cc2)O[C@@H]2C[C@H](C)CC[C@H]2C1(C)C. The van der Waals surface area contributed by atoms with Crippen LogP contribution in [0.4, 0.5) is 0 Å². The van der Waals surface area contributed by atoms with E-state index in [1.807, 2.05) is 31.2 Å². The Morgan fingerprint density at radius 3 is 2.52 bits per heavy atom. The number of Topliss-reactive ketones (excluding diaryl/α,β-unsaturated/α-hetero) is 1. The number of fused-ring (bicyclic) bond motifs is 1. The van der Waals surface area contributed by atoms with E-state index < -0.39 is 6.23 Å². The first-order valence-electron chi connectivity index (χ1n) is 10.4. The molecule has 3 nitrogen and oxygen atoms in total. The Balaban J connectivity index is 1.95. The lowest BCUT2D eigenvalue weighted by Crippen LogP contribution is -2.66. The van der Waals surface area contributed by atoms with Gasteiger partial charge < -0.3 is 4.74 Å². The Morgan fingerprint density at radius 2 is 1.89 bits per heavy atom. The fourth-order valence-electron chi connectivity index (χ4n) is 4.72. The molecule has 1 aliphatic carbocycles. The number of allylic oxidation sites excluding steroid dienone is 1. The van der Waals surface area contributed by atoms with Crippen LogP contribution in [0.3, 0.4) is 0 Å². The molecular weight excluding hydrogens is 334 g/mol. The second-order valence-electron chi connectivity index (χ2n) is 9.37. The van der Waals surface area contributed by atoms with Gasteiger partial charge in [0.05, 0.1) is 6.10 Å². The van der Waals surface area contributed by atoms with E-state index in [2.05, 4.69) is 45.6 Å². The van der Waals surface area contributed by atoms with Gasteiger partial charge in [-0.25, -0.2) is 0 Å². The number of nitrogens with zero attached hydrogens (tertiary/aromatic N) is 1. The largest absolute Gasteiger partial charge is 0.352 e. The maximum atomic E-state index is 13.4. The summed E-state index contributed by atoms with van der Waals surface area (Å²) in [6, 6.07) is 7.88. The molecule has 27 heavy (non-hydrogen) atoms. The predicted octanol–water partition coefficient (Wildman–Crippen LogP) is 5.39. The molecule has 1 aromatic carbocycles. The first-order valence-corrected chi connectivity index (χ1v) is 10.4. The molecule has 3 rings (SSSR count). The van der Waals surface area contributed by atoms with Gasteiger partial charge in [-0.05, 0) is 53.4 Å². The van der Waals surface area contributed by atoms with Crippen molar-refractivity contribution in [2.75, 3.05) is 6.54 Å². The summed E-state index contributed by atoms with van der Waals surface area (Å²) in [6.07, 6.45) is 5.36. The van der Waals surface area contributed by atoms with E-state index in [1.54, 1.807) is 0 Å². The molecule has 3 heteroatoms. The van der Waals surface area contributed by atoms with E-state index in [4.69, 9.17) is 4.74 Å². The molecule has 1 saturated carbocycles. The van der Waals surface area contributed by atoms with Crippen molar-refractivity contribution in [3.05, 3.63) is 47.0 Å². The van der Waals surface area contributed by atoms with E-state index in [0.29, 0.717) is 11.8 Å². The van der Waals surface area contributed by atoms with Gasteiger partial charge in [0, 0.05) is 23.6 Å². The molecule has 1 aliphatic heterocycles. The average Bonchev–Trinajstić information content (AvgIpc) is 2.60. The maximum Gasteiger partial charge on any atom is 0.206 e. The number of carbonyl (C=O) groups is 1. The topological polar surface area (TPSA) is 29.5 Å². The van der Waals surface area contributed by atoms with Crippen molar-refractivity contribution in [2.45, 2.75) is 78.7 Å². The van der Waals surface area contributed by atoms with Gasteiger partial charge in [0.1, 0.15) is 0 Å². The van der Waals surface area contributed by atoms with Crippen LogP contribution in [-0.2, 0) is 4.74 Å². The van der Waals surface area contributed by atoms with E-state index in [-0.39, 0.29) is 17.4 Å². The van der Waals surface area contributed by atoms with E-state index in [1.165, 1.54) is 24.0 Å². The van der Waals surface area contributed by atoms with Crippen molar-refractivity contribution < 1.29 is 9.53 Å². The summed E-state index contributed by atoms with van der Waals surface area (Å²) in [6.45, 7) is 13.9. The molecule has 0 radical (unpaired) electrons. The molecule has 1 aromatic rings. The molecule has 0 amide bonds. The van der Waals surface area contributed by atoms with Gasteiger partial charge in [0.15, 0.2) is 6.23 Å². The van der Waals surface area contributed by atoms with Crippen molar-refractivity contribution in [1.82, 2.24) is 4.90 Å². The molecule has 148 valence electrons. The number of ether oxygens (including phenoxy) is 1. The number of carbonyl (C=O) groups excluding carboxylic acids is 1. The molecule has 2 fully saturated rings. The highest BCUT2D eigenvalue weighted by atomic mass is 16.5. The molecule has 1 saturated heterocycles. The second-order valence-corrected chi connectivity index (χ2v) is 9.37. The zero-order chi connectivity index (χ0) is 19.8. The quantitative estimate of drug-likeness (QED) is 0.527. The second kappa shape index (κ2) is 7.89. The summed E-state index contributed by atoms with van der Waals surface area (Å²) in [4.78, 5) is 15.7. The van der Waals surface area contributed by atoms with Gasteiger partial charge in [0.2, 0.25) is 5.78 Å². The first kappa shape index (κ1) is 20.3. The molecule has 0 aromatic heterocycles. The summed E-state index contributed by atoms with van der Waals surface area (Å²) in [5.74, 6) is 1.23. The molecule has 2 aliphatic rings. The summed E-state index contributed by atoms with van der Waals surface area (Å²) >= 11 is 0. The summed E-state index contributed by atoms with van der Waals surface area (Å²) < 4.78 is 6.53. The summed E-state index contributed by atoms with van der Waals surface area (Å²) in [5.41, 5.74) is 3.11. The molecule has 0 spiro atoms. The van der Waals surface area contributed by atoms with Gasteiger partial charge in [-0.1, -0.05) is 54.8 Å². The minimum atomic E-state index is -0.509. The van der Waals surface area contributed by atoms with Crippen LogP contribution in [0.5, 0.6) is 0 Å². The lowest BCUT2D eigenvalue weighted by molar-refractivity contribution is -0.210. The van der Waals surface area contributed by atoms with Crippen molar-refractivity contribution in [3.63, 3.8) is 0 Å². The van der Waals surface area contributed by atoms with Gasteiger partial charge in [0.25, 0.3) is 0 Å². The lowest BCUT2D eigenvalue weighted by atomic mass is 9.69. The third kappa shape index (κ3) is 4.20. The Hall–Kier alpha value is -1.45. The molecule has 4 atom stereocenters. The third-order valence-corrected chi connectivity index (χ3v) is 6.54. The lowest BCUT2D eigenvalue weighted by Gasteiger charge is -2.56. The van der Waals surface area contributed by atoms with Crippen LogP contribution in [-0.4, -0.2) is 35.1 Å². The normalized spacial score (nSPS) is 30.4. The fraction of sp³-hybridized carbons (Fsp3) is 0.625. The van der Waals surface area contributed by atoms with Crippen LogP contribution in [0.1, 0.15) is 69.8 Å². The number of rotatable bonds is 4. The zero-order valence-electron chi connectivity index (χ0n) is 17.8. The third-order valence-electron chi connectivity index (χ3n) is 6.54. The standard InChI is InChI=1S/C24H35NO2/c1-16(2)13-14-25-23(22(26)19-10-7-17(3)8-11-19)27-21-15-18(4)9-12-20(21)24(25,5)6/h7-8,10-11,13,18,20-21,23H,9,12,14-15H2,1-6H3/t18-,20-,21-,23+/m1/s1. The first-order chi connectivity index (χ1) is 12.7. The summed E-state index contributed by atoms with van der Waals surface area (Å²) in [7, 11) is 0. The van der Waals surface area contributed by atoms with E-state index >= 15 is 0 Å². The van der Waals surface area contributed by atoms with Crippen LogP contribution in [0.15, 0.2) is 35.9 Å². The Labute approximate surface area is 164 Å². The average molecular weight is 370 g/mol. The molecule has 0 N–H and O–H groups in total. The van der Waals surface area contributed by atoms with Crippen molar-refractivity contribution >= 4 is 5.78 Å². The Kier molecular flexibility index (Phi) is 5.93. The van der Waals surface area contributed by atoms with E-state index in [9.17, 15) is 4.79 Å². The fourth-order valence-corrected chi connectivity index (χ4v) is 4.72. The monoisotopic (exact) mass is 369 g/mol. The van der Waals surface area contributed by atoms with Crippen LogP contribution >= 0.6 is 0 Å².